The van der Waals surface area contributed by atoms with Crippen LogP contribution in [0.1, 0.15) is 63.5 Å². The Balaban J connectivity index is 1.64. The zero-order valence-electron chi connectivity index (χ0n) is 24.9. The van der Waals surface area contributed by atoms with Crippen LogP contribution in [0.25, 0.3) is 0 Å². The van der Waals surface area contributed by atoms with Gasteiger partial charge in [0.2, 0.25) is 0 Å². The van der Waals surface area contributed by atoms with Crippen LogP contribution in [0.3, 0.4) is 0 Å². The number of aliphatic hydroxyl groups is 1. The number of anilines is 1. The average molecular weight is 656 g/mol. The number of amides is 1. The maximum absolute atomic E-state index is 13.8. The second-order valence-corrected chi connectivity index (χ2v) is 22.3. The molecular weight excluding hydrogens is 609 g/mol. The Labute approximate surface area is 255 Å². The van der Waals surface area contributed by atoms with Gasteiger partial charge in [-0.25, -0.2) is 0 Å². The van der Waals surface area contributed by atoms with Crippen molar-refractivity contribution in [1.29, 1.82) is 0 Å². The molecule has 0 saturated carbocycles. The summed E-state index contributed by atoms with van der Waals surface area (Å²) < 4.78 is 27.3. The summed E-state index contributed by atoms with van der Waals surface area (Å²) >= 11 is -2.60. The Morgan fingerprint density at radius 3 is 1.90 bits per heavy atom. The number of hydrogen-bond acceptors (Lipinski definition) is 6. The van der Waals surface area contributed by atoms with E-state index in [0.717, 1.165) is 17.5 Å². The quantitative estimate of drug-likeness (QED) is 0.0943. The van der Waals surface area contributed by atoms with Gasteiger partial charge in [0.05, 0.1) is 0 Å². The van der Waals surface area contributed by atoms with Crippen LogP contribution in [0.15, 0.2) is 89.8 Å². The molecule has 0 spiro atoms. The third-order valence-electron chi connectivity index (χ3n) is 7.55. The number of nitrogens with one attached hydrogen (secondary N) is 1. The molecule has 0 aromatic heterocycles. The first-order valence-corrected chi connectivity index (χ1v) is 20.9. The molecule has 3 aromatic carbocycles. The normalized spacial score (nSPS) is 14.8. The van der Waals surface area contributed by atoms with E-state index in [0.29, 0.717) is 47.5 Å². The van der Waals surface area contributed by atoms with Crippen LogP contribution >= 0.6 is 0 Å². The fourth-order valence-corrected chi connectivity index (χ4v) is 19.0. The van der Waals surface area contributed by atoms with Crippen LogP contribution in [-0.2, 0) is 12.9 Å². The van der Waals surface area contributed by atoms with Crippen LogP contribution in [-0.4, -0.2) is 51.6 Å². The first kappa shape index (κ1) is 33.9. The summed E-state index contributed by atoms with van der Waals surface area (Å²) in [4.78, 5) is 13.4. The van der Waals surface area contributed by atoms with Gasteiger partial charge in [-0.3, -0.25) is 0 Å². The average Bonchev–Trinajstić information content (AvgIpc) is 2.97. The summed E-state index contributed by atoms with van der Waals surface area (Å²) in [5.74, 6) is -0.137. The topological polar surface area (TPSA) is 136 Å². The van der Waals surface area contributed by atoms with Crippen LogP contribution in [0.5, 0.6) is 0 Å². The summed E-state index contributed by atoms with van der Waals surface area (Å²) in [5.41, 5.74) is 14.8. The number of carbonyl (C=O) groups is 1. The number of benzene rings is 3. The van der Waals surface area contributed by atoms with Gasteiger partial charge in [-0.2, -0.15) is 0 Å². The standard InChI is InChI=1S/C33H46AsN3O4S/c1-24(2)21-22-34(42(40,41)29-19-17-28(35)18-20-29)30(25(3)38)16-10-11-23-37-33(39)32(36)31(26-12-6-4-7-13-26)27-14-8-5-9-15-27/h4-9,12-15,17-20,24-25,30-32,38H,10-11,16,21-23,35-36H2,1-3H3,(H,37,39)/t25?,30?,32-,34?/m0/s1. The van der Waals surface area contributed by atoms with Gasteiger partial charge in [-0.05, 0) is 0 Å². The molecule has 4 atom stereocenters. The molecule has 0 saturated heterocycles. The van der Waals surface area contributed by atoms with Crippen molar-refractivity contribution < 1.29 is 18.3 Å². The maximum atomic E-state index is 13.8. The van der Waals surface area contributed by atoms with Gasteiger partial charge < -0.3 is 0 Å². The van der Waals surface area contributed by atoms with Crippen molar-refractivity contribution in [2.75, 3.05) is 12.3 Å². The van der Waals surface area contributed by atoms with Gasteiger partial charge in [-0.15, -0.1) is 0 Å². The number of hydrogen-bond donors (Lipinski definition) is 4. The van der Waals surface area contributed by atoms with E-state index in [1.54, 1.807) is 31.2 Å². The van der Waals surface area contributed by atoms with E-state index < -0.39 is 33.7 Å². The third kappa shape index (κ3) is 9.43. The predicted molar refractivity (Wildman–Crippen MR) is 173 cm³/mol. The molecule has 0 heterocycles. The number of carbonyl (C=O) groups excluding carboxylic acids is 1. The Morgan fingerprint density at radius 1 is 0.857 bits per heavy atom. The molecular formula is C33H46AsN3O4S. The van der Waals surface area contributed by atoms with Gasteiger partial charge in [-0.1, -0.05) is 12.1 Å². The first-order chi connectivity index (χ1) is 20.0. The van der Waals surface area contributed by atoms with Crippen LogP contribution in [0.2, 0.25) is 9.91 Å². The zero-order valence-corrected chi connectivity index (χ0v) is 27.6. The minimum atomic E-state index is -3.54. The summed E-state index contributed by atoms with van der Waals surface area (Å²) in [5, 5.41) is 14.4. The number of unbranched alkanes of at least 4 members (excludes halogenated alkanes) is 1. The Kier molecular flexibility index (Phi) is 13.1. The molecule has 3 rings (SSSR count). The van der Waals surface area contributed by atoms with E-state index in [1.807, 2.05) is 60.7 Å². The summed E-state index contributed by atoms with van der Waals surface area (Å²) in [6.07, 6.45) is 2.01. The molecule has 3 aromatic rings. The molecule has 3 unspecified atom stereocenters. The van der Waals surface area contributed by atoms with Crippen molar-refractivity contribution in [2.45, 2.75) is 79.3 Å². The van der Waals surface area contributed by atoms with Gasteiger partial charge in [0.15, 0.2) is 0 Å². The van der Waals surface area contributed by atoms with Crippen molar-refractivity contribution in [2.24, 2.45) is 11.7 Å². The molecule has 0 aliphatic rings. The molecule has 9 heteroatoms. The second-order valence-electron chi connectivity index (χ2n) is 11.3. The molecule has 0 aliphatic carbocycles. The van der Waals surface area contributed by atoms with E-state index in [-0.39, 0.29) is 16.5 Å². The predicted octanol–water partition coefficient (Wildman–Crippen LogP) is 5.28. The second kappa shape index (κ2) is 16.3. The van der Waals surface area contributed by atoms with Crippen molar-refractivity contribution in [3.63, 3.8) is 0 Å². The number of nitrogen functional groups attached to an aromatic ring is 1. The molecule has 7 nitrogen and oxygen atoms in total. The fraction of sp³-hybridized carbons (Fsp3) is 0.424. The van der Waals surface area contributed by atoms with Gasteiger partial charge in [0, 0.05) is 0 Å². The molecule has 1 amide bonds. The summed E-state index contributed by atoms with van der Waals surface area (Å²) in [7, 11) is -3.54. The van der Waals surface area contributed by atoms with Gasteiger partial charge in [0.25, 0.3) is 0 Å². The molecule has 0 aliphatic heterocycles. The van der Waals surface area contributed by atoms with E-state index in [4.69, 9.17) is 11.5 Å². The number of aliphatic hydroxyl groups excluding tert-OH is 1. The van der Waals surface area contributed by atoms with Crippen LogP contribution in [0.4, 0.5) is 5.69 Å². The molecule has 0 radical (unpaired) electrons. The summed E-state index contributed by atoms with van der Waals surface area (Å²) in [6.45, 7) is 6.31. The number of nitrogens with two attached hydrogens (primary N) is 2. The van der Waals surface area contributed by atoms with Gasteiger partial charge >= 0.3 is 244 Å². The number of rotatable bonds is 16. The molecule has 6 N–H and O–H groups in total. The SMILES string of the molecule is CC(C)CC[As](C(CCCCNC(=O)[C@@H](N)C(c1ccccc1)c1ccccc1)C(C)O)S(=O)(=O)c1ccc(N)cc1. The van der Waals surface area contributed by atoms with E-state index >= 15 is 0 Å². The van der Waals surface area contributed by atoms with Crippen molar-refractivity contribution in [1.82, 2.24) is 5.32 Å². The van der Waals surface area contributed by atoms with Crippen molar-refractivity contribution in [3.05, 3.63) is 96.1 Å². The molecule has 42 heavy (non-hydrogen) atoms. The monoisotopic (exact) mass is 655 g/mol. The van der Waals surface area contributed by atoms with Crippen molar-refractivity contribution >= 4 is 33.2 Å². The van der Waals surface area contributed by atoms with Gasteiger partial charge in [0.1, 0.15) is 0 Å². The molecule has 0 bridgehead atoms. The first-order valence-electron chi connectivity index (χ1n) is 14.7. The van der Waals surface area contributed by atoms with E-state index in [1.165, 1.54) is 0 Å². The Morgan fingerprint density at radius 2 is 1.40 bits per heavy atom. The van der Waals surface area contributed by atoms with E-state index in [2.05, 4.69) is 19.2 Å². The zero-order chi connectivity index (χ0) is 30.7. The van der Waals surface area contributed by atoms with E-state index in [9.17, 15) is 18.3 Å². The third-order valence-corrected chi connectivity index (χ3v) is 21.1. The Bertz CT molecular complexity index is 1300. The molecule has 228 valence electrons. The van der Waals surface area contributed by atoms with Crippen LogP contribution in [0, 0.1) is 5.92 Å². The minimum absolute atomic E-state index is 0.227. The summed E-state index contributed by atoms with van der Waals surface area (Å²) in [6, 6.07) is 25.2. The van der Waals surface area contributed by atoms with Crippen molar-refractivity contribution in [3.8, 4) is 0 Å². The Hall–Kier alpha value is -2.64. The fourth-order valence-electron chi connectivity index (χ4n) is 5.14. The van der Waals surface area contributed by atoms with Crippen LogP contribution < -0.4 is 16.8 Å². The molecule has 0 fully saturated rings.